The average Bonchev–Trinajstić information content (AvgIpc) is 2.51. The third-order valence-electron chi connectivity index (χ3n) is 3.55. The molecule has 2 aromatic carbocycles. The lowest BCUT2D eigenvalue weighted by atomic mass is 9.97. The first-order valence-electron chi connectivity index (χ1n) is 7.45. The quantitative estimate of drug-likeness (QED) is 0.324. The van der Waals surface area contributed by atoms with Gasteiger partial charge in [-0.15, -0.1) is 0 Å². The smallest absolute Gasteiger partial charge is 0.466 e. The minimum absolute atomic E-state index is 0.0360. The van der Waals surface area contributed by atoms with Crippen LogP contribution in [-0.4, -0.2) is 26.5 Å². The lowest BCUT2D eigenvalue weighted by Crippen LogP contribution is -2.28. The van der Waals surface area contributed by atoms with Crippen molar-refractivity contribution in [2.75, 3.05) is 6.61 Å². The van der Waals surface area contributed by atoms with E-state index in [0.717, 1.165) is 6.07 Å². The number of rotatable bonds is 5. The van der Waals surface area contributed by atoms with Crippen molar-refractivity contribution in [3.8, 4) is 5.75 Å². The molecule has 0 aromatic heterocycles. The minimum Gasteiger partial charge on any atom is -0.466 e. The van der Waals surface area contributed by atoms with E-state index >= 15 is 0 Å². The van der Waals surface area contributed by atoms with Gasteiger partial charge in [-0.3, -0.25) is 4.79 Å². The minimum atomic E-state index is -6.15. The summed E-state index contributed by atoms with van der Waals surface area (Å²) in [6.45, 7) is 2.76. The standard InChI is InChI=1S/C16H13F5O5S/c1-3-25-14(22)7-10-8(2)4-11-12(5-9(17)6-13(11)18)15(10)26-27(23,24)16(19,20)21/h4-6H,3,7H2,1-2H3. The van der Waals surface area contributed by atoms with E-state index in [4.69, 9.17) is 4.74 Å². The highest BCUT2D eigenvalue weighted by Crippen LogP contribution is 2.38. The van der Waals surface area contributed by atoms with Crippen molar-refractivity contribution < 1.29 is 44.1 Å². The van der Waals surface area contributed by atoms with Gasteiger partial charge in [0, 0.05) is 22.4 Å². The first-order chi connectivity index (χ1) is 12.4. The number of aryl methyl sites for hydroxylation is 1. The van der Waals surface area contributed by atoms with Gasteiger partial charge in [0.05, 0.1) is 13.0 Å². The van der Waals surface area contributed by atoms with Crippen LogP contribution in [0.1, 0.15) is 18.1 Å². The zero-order valence-corrected chi connectivity index (χ0v) is 14.8. The molecule has 0 aliphatic carbocycles. The second-order valence-electron chi connectivity index (χ2n) is 5.45. The summed E-state index contributed by atoms with van der Waals surface area (Å²) in [5.74, 6) is -4.16. The molecule has 0 unspecified atom stereocenters. The number of benzene rings is 2. The number of alkyl halides is 3. The highest BCUT2D eigenvalue weighted by Gasteiger charge is 2.49. The van der Waals surface area contributed by atoms with Gasteiger partial charge >= 0.3 is 21.6 Å². The van der Waals surface area contributed by atoms with E-state index in [-0.39, 0.29) is 23.1 Å². The maximum atomic E-state index is 14.0. The molecule has 27 heavy (non-hydrogen) atoms. The van der Waals surface area contributed by atoms with Crippen LogP contribution in [0.2, 0.25) is 0 Å². The zero-order valence-electron chi connectivity index (χ0n) is 14.0. The van der Waals surface area contributed by atoms with Crippen LogP contribution < -0.4 is 4.18 Å². The van der Waals surface area contributed by atoms with Crippen LogP contribution in [-0.2, 0) is 26.1 Å². The second kappa shape index (κ2) is 7.29. The second-order valence-corrected chi connectivity index (χ2v) is 6.99. The molecule has 0 amide bonds. The van der Waals surface area contributed by atoms with Crippen LogP contribution in [0.25, 0.3) is 10.8 Å². The van der Waals surface area contributed by atoms with Crippen molar-refractivity contribution >= 4 is 26.9 Å². The van der Waals surface area contributed by atoms with Crippen LogP contribution in [0.5, 0.6) is 5.75 Å². The monoisotopic (exact) mass is 412 g/mol. The number of fused-ring (bicyclic) bond motifs is 1. The summed E-state index contributed by atoms with van der Waals surface area (Å²) in [7, 11) is -6.15. The van der Waals surface area contributed by atoms with E-state index in [9.17, 15) is 35.2 Å². The van der Waals surface area contributed by atoms with Gasteiger partial charge in [0.1, 0.15) is 11.6 Å². The summed E-state index contributed by atoms with van der Waals surface area (Å²) in [6, 6.07) is 2.24. The Kier molecular flexibility index (Phi) is 5.64. The molecule has 0 aliphatic rings. The van der Waals surface area contributed by atoms with E-state index in [0.29, 0.717) is 12.1 Å². The molecule has 0 fully saturated rings. The number of carbonyl (C=O) groups is 1. The van der Waals surface area contributed by atoms with Crippen LogP contribution in [0.4, 0.5) is 22.0 Å². The highest BCUT2D eigenvalue weighted by atomic mass is 32.2. The third kappa shape index (κ3) is 4.29. The Morgan fingerprint density at radius 3 is 2.30 bits per heavy atom. The summed E-state index contributed by atoms with van der Waals surface area (Å²) in [4.78, 5) is 11.8. The van der Waals surface area contributed by atoms with Gasteiger partial charge in [-0.2, -0.15) is 21.6 Å². The third-order valence-corrected chi connectivity index (χ3v) is 4.51. The van der Waals surface area contributed by atoms with Crippen molar-refractivity contribution in [3.63, 3.8) is 0 Å². The molecular formula is C16H13F5O5S. The summed E-state index contributed by atoms with van der Waals surface area (Å²) < 4.78 is 97.7. The molecule has 0 spiro atoms. The van der Waals surface area contributed by atoms with E-state index in [1.165, 1.54) is 13.8 Å². The average molecular weight is 412 g/mol. The van der Waals surface area contributed by atoms with Crippen LogP contribution in [0.3, 0.4) is 0 Å². The number of hydrogen-bond acceptors (Lipinski definition) is 5. The van der Waals surface area contributed by atoms with Crippen molar-refractivity contribution in [2.45, 2.75) is 25.8 Å². The highest BCUT2D eigenvalue weighted by molar-refractivity contribution is 7.88. The molecule has 148 valence electrons. The van der Waals surface area contributed by atoms with Gasteiger partial charge in [-0.1, -0.05) is 0 Å². The molecule has 0 saturated heterocycles. The van der Waals surface area contributed by atoms with Gasteiger partial charge in [0.15, 0.2) is 5.75 Å². The van der Waals surface area contributed by atoms with Crippen LogP contribution in [0, 0.1) is 18.6 Å². The topological polar surface area (TPSA) is 69.7 Å². The molecule has 0 heterocycles. The van der Waals surface area contributed by atoms with Gasteiger partial charge in [-0.25, -0.2) is 8.78 Å². The fourth-order valence-electron chi connectivity index (χ4n) is 2.39. The van der Waals surface area contributed by atoms with Crippen molar-refractivity contribution in [1.82, 2.24) is 0 Å². The fourth-order valence-corrected chi connectivity index (χ4v) is 2.90. The Labute approximate surface area is 150 Å². The largest absolute Gasteiger partial charge is 0.534 e. The summed E-state index contributed by atoms with van der Waals surface area (Å²) in [5, 5.41) is -0.931. The zero-order chi connectivity index (χ0) is 20.6. The Morgan fingerprint density at radius 2 is 1.74 bits per heavy atom. The molecule has 0 saturated carbocycles. The Hall–Kier alpha value is -2.43. The Morgan fingerprint density at radius 1 is 1.11 bits per heavy atom. The molecule has 2 rings (SSSR count). The van der Waals surface area contributed by atoms with Gasteiger partial charge in [0.25, 0.3) is 0 Å². The molecule has 2 aromatic rings. The van der Waals surface area contributed by atoms with Crippen molar-refractivity contribution in [2.24, 2.45) is 0 Å². The molecule has 5 nitrogen and oxygen atoms in total. The number of carbonyl (C=O) groups excluding carboxylic acids is 1. The van der Waals surface area contributed by atoms with E-state index in [2.05, 4.69) is 4.18 Å². The number of ether oxygens (including phenoxy) is 1. The fraction of sp³-hybridized carbons (Fsp3) is 0.312. The van der Waals surface area contributed by atoms with E-state index in [1.807, 2.05) is 0 Å². The van der Waals surface area contributed by atoms with Gasteiger partial charge < -0.3 is 8.92 Å². The molecular weight excluding hydrogens is 399 g/mol. The lowest BCUT2D eigenvalue weighted by molar-refractivity contribution is -0.142. The Bertz CT molecular complexity index is 999. The number of hydrogen-bond donors (Lipinski definition) is 0. The molecule has 0 bridgehead atoms. The predicted octanol–water partition coefficient (Wildman–Crippen LogP) is 3.76. The van der Waals surface area contributed by atoms with Crippen LogP contribution >= 0.6 is 0 Å². The molecule has 11 heteroatoms. The number of halogens is 5. The molecule has 0 radical (unpaired) electrons. The summed E-state index contributed by atoms with van der Waals surface area (Å²) >= 11 is 0. The van der Waals surface area contributed by atoms with Crippen molar-refractivity contribution in [1.29, 1.82) is 0 Å². The van der Waals surface area contributed by atoms with Crippen molar-refractivity contribution in [3.05, 3.63) is 41.0 Å². The lowest BCUT2D eigenvalue weighted by Gasteiger charge is -2.17. The Balaban J connectivity index is 2.80. The predicted molar refractivity (Wildman–Crippen MR) is 84.5 cm³/mol. The maximum Gasteiger partial charge on any atom is 0.534 e. The normalized spacial score (nSPS) is 12.3. The molecule has 0 aliphatic heterocycles. The molecule has 0 N–H and O–H groups in total. The molecule has 0 atom stereocenters. The first kappa shape index (κ1) is 20.9. The SMILES string of the molecule is CCOC(=O)Cc1c(C)cc2c(F)cc(F)cc2c1OS(=O)(=O)C(F)(F)F. The van der Waals surface area contributed by atoms with E-state index in [1.54, 1.807) is 0 Å². The summed E-state index contributed by atoms with van der Waals surface area (Å²) in [6.07, 6.45) is -0.656. The van der Waals surface area contributed by atoms with E-state index < -0.39 is 50.8 Å². The first-order valence-corrected chi connectivity index (χ1v) is 8.85. The number of esters is 1. The maximum absolute atomic E-state index is 14.0. The van der Waals surface area contributed by atoms with Gasteiger partial charge in [0.2, 0.25) is 0 Å². The van der Waals surface area contributed by atoms with Gasteiger partial charge in [-0.05, 0) is 31.5 Å². The summed E-state index contributed by atoms with van der Waals surface area (Å²) in [5.41, 5.74) is -6.01. The van der Waals surface area contributed by atoms with Crippen LogP contribution in [0.15, 0.2) is 18.2 Å².